The number of amides is 2. The van der Waals surface area contributed by atoms with Gasteiger partial charge < -0.3 is 10.6 Å². The standard InChI is InChI=1S/C22H22N4O2/c1-14-18-6-2-3-7-19(18)20(25-24-14)15-8-10-16(11-9-15)22(28)26-12-4-5-17(13-26)21(23)27/h2-3,6-11,17H,4-5,12-13H2,1H3,(H2,23,27). The Balaban J connectivity index is 1.60. The van der Waals surface area contributed by atoms with E-state index < -0.39 is 0 Å². The lowest BCUT2D eigenvalue weighted by atomic mass is 9.96. The lowest BCUT2D eigenvalue weighted by molar-refractivity contribution is -0.123. The number of aromatic nitrogens is 2. The molecule has 2 heterocycles. The molecule has 1 aromatic heterocycles. The van der Waals surface area contributed by atoms with Crippen LogP contribution in [0.1, 0.15) is 28.9 Å². The molecule has 0 radical (unpaired) electrons. The molecule has 2 N–H and O–H groups in total. The topological polar surface area (TPSA) is 89.2 Å². The van der Waals surface area contributed by atoms with Gasteiger partial charge >= 0.3 is 0 Å². The molecular formula is C22H22N4O2. The number of carbonyl (C=O) groups is 2. The fourth-order valence-corrected chi connectivity index (χ4v) is 3.80. The Bertz CT molecular complexity index is 1050. The second-order valence-corrected chi connectivity index (χ2v) is 7.25. The summed E-state index contributed by atoms with van der Waals surface area (Å²) in [5, 5.41) is 10.7. The first kappa shape index (κ1) is 18.1. The zero-order valence-corrected chi connectivity index (χ0v) is 15.8. The SMILES string of the molecule is Cc1nnc(-c2ccc(C(=O)N3CCCC(C(N)=O)C3)cc2)c2ccccc12. The summed E-state index contributed by atoms with van der Waals surface area (Å²) < 4.78 is 0. The van der Waals surface area contributed by atoms with Crippen LogP contribution in [0.25, 0.3) is 22.0 Å². The summed E-state index contributed by atoms with van der Waals surface area (Å²) in [5.74, 6) is -0.666. The number of primary amides is 1. The molecule has 1 saturated heterocycles. The molecule has 1 fully saturated rings. The monoisotopic (exact) mass is 374 g/mol. The largest absolute Gasteiger partial charge is 0.369 e. The van der Waals surface area contributed by atoms with Crippen molar-refractivity contribution in [1.82, 2.24) is 15.1 Å². The van der Waals surface area contributed by atoms with Crippen LogP contribution in [0.4, 0.5) is 0 Å². The van der Waals surface area contributed by atoms with E-state index >= 15 is 0 Å². The molecule has 4 rings (SSSR count). The van der Waals surface area contributed by atoms with Crippen LogP contribution in [0.2, 0.25) is 0 Å². The summed E-state index contributed by atoms with van der Waals surface area (Å²) in [6.45, 7) is 2.99. The van der Waals surface area contributed by atoms with E-state index in [1.165, 1.54) is 0 Å². The number of likely N-dealkylation sites (tertiary alicyclic amines) is 1. The minimum absolute atomic E-state index is 0.0719. The van der Waals surface area contributed by atoms with Gasteiger partial charge in [-0.05, 0) is 31.9 Å². The van der Waals surface area contributed by atoms with Crippen LogP contribution in [0.5, 0.6) is 0 Å². The summed E-state index contributed by atoms with van der Waals surface area (Å²) >= 11 is 0. The van der Waals surface area contributed by atoms with Gasteiger partial charge in [0.05, 0.1) is 11.6 Å². The maximum atomic E-state index is 12.8. The first-order valence-corrected chi connectivity index (χ1v) is 9.45. The first-order valence-electron chi connectivity index (χ1n) is 9.45. The highest BCUT2D eigenvalue weighted by Crippen LogP contribution is 2.28. The zero-order valence-electron chi connectivity index (χ0n) is 15.8. The van der Waals surface area contributed by atoms with E-state index in [2.05, 4.69) is 10.2 Å². The van der Waals surface area contributed by atoms with Gasteiger partial charge in [0.1, 0.15) is 5.69 Å². The Labute approximate surface area is 163 Å². The van der Waals surface area contributed by atoms with E-state index in [4.69, 9.17) is 5.73 Å². The summed E-state index contributed by atoms with van der Waals surface area (Å²) in [6, 6.07) is 15.4. The maximum Gasteiger partial charge on any atom is 0.253 e. The Morgan fingerprint density at radius 1 is 1.04 bits per heavy atom. The highest BCUT2D eigenvalue weighted by molar-refractivity contribution is 5.97. The van der Waals surface area contributed by atoms with Crippen LogP contribution in [-0.2, 0) is 4.79 Å². The Hall–Kier alpha value is -3.28. The number of rotatable bonds is 3. The van der Waals surface area contributed by atoms with Gasteiger partial charge in [0.25, 0.3) is 5.91 Å². The summed E-state index contributed by atoms with van der Waals surface area (Å²) in [7, 11) is 0. The Morgan fingerprint density at radius 2 is 1.75 bits per heavy atom. The lowest BCUT2D eigenvalue weighted by Gasteiger charge is -2.31. The van der Waals surface area contributed by atoms with Gasteiger partial charge in [-0.3, -0.25) is 9.59 Å². The predicted octanol–water partition coefficient (Wildman–Crippen LogP) is 2.94. The molecule has 28 heavy (non-hydrogen) atoms. The summed E-state index contributed by atoms with van der Waals surface area (Å²) in [4.78, 5) is 26.0. The van der Waals surface area contributed by atoms with Crippen LogP contribution in [0.3, 0.4) is 0 Å². The van der Waals surface area contributed by atoms with Gasteiger partial charge in [-0.1, -0.05) is 36.4 Å². The number of benzene rings is 2. The van der Waals surface area contributed by atoms with E-state index in [0.29, 0.717) is 18.7 Å². The van der Waals surface area contributed by atoms with Crippen molar-refractivity contribution in [1.29, 1.82) is 0 Å². The number of hydrogen-bond acceptors (Lipinski definition) is 4. The minimum atomic E-state index is -0.335. The van der Waals surface area contributed by atoms with Crippen LogP contribution in [0.15, 0.2) is 48.5 Å². The number of hydrogen-bond donors (Lipinski definition) is 1. The van der Waals surface area contributed by atoms with Crippen molar-refractivity contribution < 1.29 is 9.59 Å². The first-order chi connectivity index (χ1) is 13.5. The van der Waals surface area contributed by atoms with Crippen LogP contribution >= 0.6 is 0 Å². The molecule has 3 aromatic rings. The molecule has 1 unspecified atom stereocenters. The average molecular weight is 374 g/mol. The Morgan fingerprint density at radius 3 is 2.46 bits per heavy atom. The molecule has 2 amide bonds. The third-order valence-corrected chi connectivity index (χ3v) is 5.39. The molecule has 0 bridgehead atoms. The third kappa shape index (κ3) is 3.33. The smallest absolute Gasteiger partial charge is 0.253 e. The van der Waals surface area contributed by atoms with Crippen molar-refractivity contribution in [2.45, 2.75) is 19.8 Å². The molecular weight excluding hydrogens is 352 g/mol. The van der Waals surface area contributed by atoms with Crippen molar-refractivity contribution in [3.8, 4) is 11.3 Å². The highest BCUT2D eigenvalue weighted by Gasteiger charge is 2.27. The molecule has 1 aliphatic heterocycles. The van der Waals surface area contributed by atoms with Gasteiger partial charge in [0.15, 0.2) is 0 Å². The van der Waals surface area contributed by atoms with Crippen LogP contribution in [0, 0.1) is 12.8 Å². The molecule has 0 saturated carbocycles. The number of nitrogens with two attached hydrogens (primary N) is 1. The van der Waals surface area contributed by atoms with Crippen molar-refractivity contribution in [2.24, 2.45) is 11.7 Å². The van der Waals surface area contributed by atoms with E-state index in [-0.39, 0.29) is 17.7 Å². The number of fused-ring (bicyclic) bond motifs is 1. The third-order valence-electron chi connectivity index (χ3n) is 5.39. The maximum absolute atomic E-state index is 12.8. The number of piperidine rings is 1. The normalized spacial score (nSPS) is 16.9. The zero-order chi connectivity index (χ0) is 19.7. The quantitative estimate of drug-likeness (QED) is 0.763. The number of aryl methyl sites for hydroxylation is 1. The molecule has 6 heteroatoms. The summed E-state index contributed by atoms with van der Waals surface area (Å²) in [6.07, 6.45) is 1.54. The van der Waals surface area contributed by atoms with Gasteiger partial charge in [0.2, 0.25) is 5.91 Å². The van der Waals surface area contributed by atoms with E-state index in [0.717, 1.165) is 40.6 Å². The van der Waals surface area contributed by atoms with Gasteiger partial charge in [0, 0.05) is 35.0 Å². The fourth-order valence-electron chi connectivity index (χ4n) is 3.80. The Kier molecular flexibility index (Phi) is 4.77. The van der Waals surface area contributed by atoms with E-state index in [1.54, 1.807) is 4.90 Å². The van der Waals surface area contributed by atoms with Crippen LogP contribution in [-0.4, -0.2) is 40.0 Å². The molecule has 0 aliphatic carbocycles. The van der Waals surface area contributed by atoms with Crippen molar-refractivity contribution in [3.63, 3.8) is 0 Å². The van der Waals surface area contributed by atoms with Crippen molar-refractivity contribution in [3.05, 3.63) is 59.8 Å². The highest BCUT2D eigenvalue weighted by atomic mass is 16.2. The predicted molar refractivity (Wildman–Crippen MR) is 108 cm³/mol. The molecule has 1 atom stereocenters. The minimum Gasteiger partial charge on any atom is -0.369 e. The molecule has 142 valence electrons. The summed E-state index contributed by atoms with van der Waals surface area (Å²) in [5.41, 5.74) is 8.61. The van der Waals surface area contributed by atoms with Crippen molar-refractivity contribution in [2.75, 3.05) is 13.1 Å². The van der Waals surface area contributed by atoms with Gasteiger partial charge in [-0.15, -0.1) is 5.10 Å². The molecule has 6 nitrogen and oxygen atoms in total. The fraction of sp³-hybridized carbons (Fsp3) is 0.273. The van der Waals surface area contributed by atoms with Crippen LogP contribution < -0.4 is 5.73 Å². The van der Waals surface area contributed by atoms with E-state index in [9.17, 15) is 9.59 Å². The number of carbonyl (C=O) groups excluding carboxylic acids is 2. The number of nitrogens with zero attached hydrogens (tertiary/aromatic N) is 3. The lowest BCUT2D eigenvalue weighted by Crippen LogP contribution is -2.44. The van der Waals surface area contributed by atoms with Gasteiger partial charge in [-0.2, -0.15) is 5.10 Å². The average Bonchev–Trinajstić information content (AvgIpc) is 2.74. The second-order valence-electron chi connectivity index (χ2n) is 7.25. The van der Waals surface area contributed by atoms with Crippen molar-refractivity contribution >= 4 is 22.6 Å². The molecule has 1 aliphatic rings. The van der Waals surface area contributed by atoms with E-state index in [1.807, 2.05) is 55.5 Å². The van der Waals surface area contributed by atoms with Gasteiger partial charge in [-0.25, -0.2) is 0 Å². The molecule has 2 aromatic carbocycles. The second kappa shape index (κ2) is 7.38. The molecule has 0 spiro atoms.